The van der Waals surface area contributed by atoms with E-state index in [0.717, 1.165) is 27.6 Å². The topological polar surface area (TPSA) is 21.3 Å². The van der Waals surface area contributed by atoms with Gasteiger partial charge in [0.2, 0.25) is 0 Å². The van der Waals surface area contributed by atoms with Crippen molar-refractivity contribution in [2.75, 3.05) is 18.4 Å². The molecule has 0 aliphatic carbocycles. The number of halogens is 2. The van der Waals surface area contributed by atoms with Crippen LogP contribution in [0.3, 0.4) is 0 Å². The number of benzene rings is 1. The van der Waals surface area contributed by atoms with Gasteiger partial charge in [0, 0.05) is 5.02 Å². The summed E-state index contributed by atoms with van der Waals surface area (Å²) in [6.45, 7) is 3.88. The van der Waals surface area contributed by atoms with Gasteiger partial charge in [-0.25, -0.2) is 0 Å². The van der Waals surface area contributed by atoms with Gasteiger partial charge in [0.15, 0.2) is 0 Å². The molecule has 1 rings (SSSR count). The average molecular weight is 234 g/mol. The Morgan fingerprint density at radius 3 is 2.57 bits per heavy atom. The molecule has 0 atom stereocenters. The third kappa shape index (κ3) is 2.07. The van der Waals surface area contributed by atoms with Gasteiger partial charge >= 0.3 is 0 Å². The lowest BCUT2D eigenvalue weighted by Gasteiger charge is -2.15. The third-order valence-corrected chi connectivity index (χ3v) is 2.82. The first kappa shape index (κ1) is 11.5. The number of anilines is 1. The molecule has 0 heterocycles. The van der Waals surface area contributed by atoms with E-state index in [-0.39, 0.29) is 0 Å². The molecule has 0 unspecified atom stereocenters. The number of aryl methyl sites for hydroxylation is 1. The molecule has 0 aromatic heterocycles. The fraction of sp³-hybridized carbons (Fsp3) is 0.400. The Labute approximate surface area is 94.2 Å². The van der Waals surface area contributed by atoms with Crippen molar-refractivity contribution in [3.63, 3.8) is 0 Å². The molecule has 0 aliphatic heterocycles. The fourth-order valence-electron chi connectivity index (χ4n) is 1.37. The minimum absolute atomic E-state index is 0.330. The second-order valence-corrected chi connectivity index (χ2v) is 3.67. The lowest BCUT2D eigenvalue weighted by atomic mass is 10.1. The molecule has 1 N–H and O–H groups in total. The molecule has 0 spiro atoms. The van der Waals surface area contributed by atoms with Crippen molar-refractivity contribution < 1.29 is 4.74 Å². The summed E-state index contributed by atoms with van der Waals surface area (Å²) in [6, 6.07) is 2.22. The molecule has 0 fully saturated rings. The Kier molecular flexibility index (Phi) is 3.90. The van der Waals surface area contributed by atoms with Crippen LogP contribution in [0, 0.1) is 13.8 Å². The Balaban J connectivity index is 3.29. The average Bonchev–Trinajstić information content (AvgIpc) is 2.19. The molecule has 14 heavy (non-hydrogen) atoms. The largest absolute Gasteiger partial charge is 0.495 e. The van der Waals surface area contributed by atoms with E-state index in [2.05, 4.69) is 5.32 Å². The fourth-order valence-corrected chi connectivity index (χ4v) is 1.65. The van der Waals surface area contributed by atoms with Gasteiger partial charge in [-0.1, -0.05) is 11.6 Å². The van der Waals surface area contributed by atoms with E-state index < -0.39 is 0 Å². The predicted molar refractivity (Wildman–Crippen MR) is 61.8 cm³/mol. The van der Waals surface area contributed by atoms with Crippen LogP contribution in [-0.2, 0) is 0 Å². The Morgan fingerprint density at radius 2 is 2.07 bits per heavy atom. The summed E-state index contributed by atoms with van der Waals surface area (Å²) in [5, 5.41) is 3.77. The van der Waals surface area contributed by atoms with Gasteiger partial charge in [0.25, 0.3) is 0 Å². The first-order valence-electron chi connectivity index (χ1n) is 4.25. The van der Waals surface area contributed by atoms with Crippen LogP contribution in [0.2, 0.25) is 5.02 Å². The highest BCUT2D eigenvalue weighted by molar-refractivity contribution is 6.32. The van der Waals surface area contributed by atoms with Gasteiger partial charge in [0.05, 0.1) is 18.8 Å². The molecular formula is C10H13Cl2NO. The summed E-state index contributed by atoms with van der Waals surface area (Å²) in [5.41, 5.74) is 2.82. The summed E-state index contributed by atoms with van der Waals surface area (Å²) in [5.74, 6) is 0.769. The van der Waals surface area contributed by atoms with Crippen molar-refractivity contribution in [1.29, 1.82) is 0 Å². The number of nitrogens with one attached hydrogen (secondary N) is 1. The van der Waals surface area contributed by atoms with E-state index in [9.17, 15) is 0 Å². The third-order valence-electron chi connectivity index (χ3n) is 2.11. The Bertz CT molecular complexity index is 339. The van der Waals surface area contributed by atoms with Crippen molar-refractivity contribution >= 4 is 28.9 Å². The SMILES string of the molecule is COc1cc(C)c(Cl)c(C)c1NCCl. The number of ether oxygens (including phenoxy) is 1. The van der Waals surface area contributed by atoms with Gasteiger partial charge in [-0.2, -0.15) is 0 Å². The first-order valence-corrected chi connectivity index (χ1v) is 5.16. The summed E-state index contributed by atoms with van der Waals surface area (Å²) in [7, 11) is 1.63. The zero-order valence-electron chi connectivity index (χ0n) is 8.45. The van der Waals surface area contributed by atoms with E-state index in [1.165, 1.54) is 0 Å². The lowest BCUT2D eigenvalue weighted by molar-refractivity contribution is 0.416. The molecule has 0 amide bonds. The number of hydrogen-bond acceptors (Lipinski definition) is 2. The monoisotopic (exact) mass is 233 g/mol. The first-order chi connectivity index (χ1) is 6.61. The normalized spacial score (nSPS) is 10.1. The minimum Gasteiger partial charge on any atom is -0.495 e. The summed E-state index contributed by atoms with van der Waals surface area (Å²) in [4.78, 5) is 0. The molecule has 78 valence electrons. The van der Waals surface area contributed by atoms with E-state index in [1.807, 2.05) is 19.9 Å². The molecule has 1 aromatic carbocycles. The van der Waals surface area contributed by atoms with Gasteiger partial charge in [-0.15, -0.1) is 11.6 Å². The molecule has 0 radical (unpaired) electrons. The van der Waals surface area contributed by atoms with E-state index in [0.29, 0.717) is 6.00 Å². The predicted octanol–water partition coefficient (Wildman–Crippen LogP) is 3.57. The highest BCUT2D eigenvalue weighted by Crippen LogP contribution is 2.35. The van der Waals surface area contributed by atoms with E-state index in [4.69, 9.17) is 27.9 Å². The molecule has 2 nitrogen and oxygen atoms in total. The molecule has 0 bridgehead atoms. The lowest BCUT2D eigenvalue weighted by Crippen LogP contribution is -2.01. The van der Waals surface area contributed by atoms with Crippen LogP contribution in [0.5, 0.6) is 5.75 Å². The maximum Gasteiger partial charge on any atom is 0.142 e. The molecule has 1 aromatic rings. The van der Waals surface area contributed by atoms with Crippen molar-refractivity contribution in [2.45, 2.75) is 13.8 Å². The standard InChI is InChI=1S/C10H13Cl2NO/c1-6-4-8(14-3)10(13-5-11)7(2)9(6)12/h4,13H,5H2,1-3H3. The van der Waals surface area contributed by atoms with Crippen LogP contribution in [0.4, 0.5) is 5.69 Å². The van der Waals surface area contributed by atoms with Crippen LogP contribution in [0.25, 0.3) is 0 Å². The van der Waals surface area contributed by atoms with Crippen LogP contribution < -0.4 is 10.1 Å². The van der Waals surface area contributed by atoms with Crippen LogP contribution in [0.15, 0.2) is 6.07 Å². The number of rotatable bonds is 3. The quantitative estimate of drug-likeness (QED) is 0.637. The minimum atomic E-state index is 0.330. The molecular weight excluding hydrogens is 221 g/mol. The van der Waals surface area contributed by atoms with Gasteiger partial charge in [-0.05, 0) is 31.0 Å². The van der Waals surface area contributed by atoms with Crippen molar-refractivity contribution in [3.8, 4) is 5.75 Å². The Morgan fingerprint density at radius 1 is 1.43 bits per heavy atom. The zero-order valence-corrected chi connectivity index (χ0v) is 9.96. The molecule has 4 heteroatoms. The molecule has 0 saturated carbocycles. The van der Waals surface area contributed by atoms with Crippen molar-refractivity contribution in [1.82, 2.24) is 0 Å². The van der Waals surface area contributed by atoms with Crippen LogP contribution in [-0.4, -0.2) is 13.1 Å². The Hall–Kier alpha value is -0.600. The number of alkyl halides is 1. The summed E-state index contributed by atoms with van der Waals surface area (Å²) in [6.07, 6.45) is 0. The van der Waals surface area contributed by atoms with Gasteiger partial charge < -0.3 is 10.1 Å². The van der Waals surface area contributed by atoms with Crippen LogP contribution >= 0.6 is 23.2 Å². The van der Waals surface area contributed by atoms with Gasteiger partial charge in [-0.3, -0.25) is 0 Å². The van der Waals surface area contributed by atoms with Crippen molar-refractivity contribution in [3.05, 3.63) is 22.2 Å². The highest BCUT2D eigenvalue weighted by atomic mass is 35.5. The second kappa shape index (κ2) is 4.76. The van der Waals surface area contributed by atoms with Crippen molar-refractivity contribution in [2.24, 2.45) is 0 Å². The number of hydrogen-bond donors (Lipinski definition) is 1. The highest BCUT2D eigenvalue weighted by Gasteiger charge is 2.11. The summed E-state index contributed by atoms with van der Waals surface area (Å²) >= 11 is 11.7. The smallest absolute Gasteiger partial charge is 0.142 e. The van der Waals surface area contributed by atoms with Gasteiger partial charge in [0.1, 0.15) is 5.75 Å². The molecule has 0 saturated heterocycles. The molecule has 0 aliphatic rings. The van der Waals surface area contributed by atoms with Crippen LogP contribution in [0.1, 0.15) is 11.1 Å². The second-order valence-electron chi connectivity index (χ2n) is 3.02. The maximum absolute atomic E-state index is 6.11. The van der Waals surface area contributed by atoms with E-state index in [1.54, 1.807) is 7.11 Å². The maximum atomic E-state index is 6.11. The number of methoxy groups -OCH3 is 1. The summed E-state index contributed by atoms with van der Waals surface area (Å²) < 4.78 is 5.23. The zero-order chi connectivity index (χ0) is 10.7. The van der Waals surface area contributed by atoms with E-state index >= 15 is 0 Å².